The molecule has 3 N–H and O–H groups in total. The van der Waals surface area contributed by atoms with Crippen LogP contribution >= 0.6 is 11.3 Å². The Hall–Kier alpha value is -1.92. The van der Waals surface area contributed by atoms with E-state index in [1.54, 1.807) is 12.1 Å². The van der Waals surface area contributed by atoms with Gasteiger partial charge in [-0.15, -0.1) is 11.3 Å². The number of aromatic hydroxyl groups is 1. The summed E-state index contributed by atoms with van der Waals surface area (Å²) in [5.41, 5.74) is 1.89. The molecule has 0 aliphatic heterocycles. The molecule has 1 amide bonds. The lowest BCUT2D eigenvalue weighted by atomic mass is 10.2. The molecule has 1 saturated carbocycles. The SMILES string of the molecule is O=C(Nc1ccc(CO)cc1O)c1nc(C2CC2)cs1. The molecule has 1 aromatic heterocycles. The zero-order valence-electron chi connectivity index (χ0n) is 10.7. The molecule has 1 aliphatic carbocycles. The minimum Gasteiger partial charge on any atom is -0.506 e. The van der Waals surface area contributed by atoms with Crippen LogP contribution in [0.15, 0.2) is 23.6 Å². The normalized spacial score (nSPS) is 14.2. The fraction of sp³-hybridized carbons (Fsp3) is 0.286. The van der Waals surface area contributed by atoms with Crippen LogP contribution in [0.5, 0.6) is 5.75 Å². The number of phenols is 1. The van der Waals surface area contributed by atoms with Crippen LogP contribution in [0.2, 0.25) is 0 Å². The number of hydrogen-bond donors (Lipinski definition) is 3. The number of rotatable bonds is 4. The van der Waals surface area contributed by atoms with Gasteiger partial charge in [-0.1, -0.05) is 6.07 Å². The molecule has 1 aliphatic rings. The maximum Gasteiger partial charge on any atom is 0.284 e. The number of carbonyl (C=O) groups is 1. The Bertz CT molecular complexity index is 650. The van der Waals surface area contributed by atoms with E-state index in [0.717, 1.165) is 18.5 Å². The van der Waals surface area contributed by atoms with Gasteiger partial charge in [0.25, 0.3) is 5.91 Å². The Morgan fingerprint density at radius 1 is 1.45 bits per heavy atom. The first-order chi connectivity index (χ1) is 9.67. The second-order valence-electron chi connectivity index (χ2n) is 4.82. The number of nitrogens with one attached hydrogen (secondary N) is 1. The van der Waals surface area contributed by atoms with Crippen LogP contribution in [-0.2, 0) is 6.61 Å². The Labute approximate surface area is 119 Å². The van der Waals surface area contributed by atoms with Crippen LogP contribution < -0.4 is 5.32 Å². The van der Waals surface area contributed by atoms with Gasteiger partial charge in [0.15, 0.2) is 5.01 Å². The monoisotopic (exact) mass is 290 g/mol. The van der Waals surface area contributed by atoms with Crippen LogP contribution in [0.4, 0.5) is 5.69 Å². The number of nitrogens with zero attached hydrogens (tertiary/aromatic N) is 1. The van der Waals surface area contributed by atoms with Crippen molar-refractivity contribution in [3.63, 3.8) is 0 Å². The zero-order chi connectivity index (χ0) is 14.1. The van der Waals surface area contributed by atoms with E-state index in [1.165, 1.54) is 17.4 Å². The van der Waals surface area contributed by atoms with Crippen LogP contribution in [0.1, 0.15) is 39.8 Å². The second-order valence-corrected chi connectivity index (χ2v) is 5.67. The van der Waals surface area contributed by atoms with Gasteiger partial charge in [0.05, 0.1) is 18.0 Å². The highest BCUT2D eigenvalue weighted by atomic mass is 32.1. The van der Waals surface area contributed by atoms with Crippen LogP contribution in [-0.4, -0.2) is 21.1 Å². The summed E-state index contributed by atoms with van der Waals surface area (Å²) in [5, 5.41) is 23.7. The van der Waals surface area contributed by atoms with E-state index in [-0.39, 0.29) is 18.3 Å². The van der Waals surface area contributed by atoms with Gasteiger partial charge in [-0.05, 0) is 30.5 Å². The largest absolute Gasteiger partial charge is 0.506 e. The first-order valence-corrected chi connectivity index (χ1v) is 7.25. The number of amides is 1. The highest BCUT2D eigenvalue weighted by molar-refractivity contribution is 7.11. The lowest BCUT2D eigenvalue weighted by molar-refractivity contribution is 0.102. The number of aliphatic hydroxyl groups is 1. The van der Waals surface area contributed by atoms with Crippen molar-refractivity contribution in [3.8, 4) is 5.75 Å². The van der Waals surface area contributed by atoms with Crippen LogP contribution in [0.3, 0.4) is 0 Å². The van der Waals surface area contributed by atoms with E-state index in [1.807, 2.05) is 5.38 Å². The van der Waals surface area contributed by atoms with E-state index < -0.39 is 0 Å². The van der Waals surface area contributed by atoms with Crippen molar-refractivity contribution < 1.29 is 15.0 Å². The summed E-state index contributed by atoms with van der Waals surface area (Å²) in [4.78, 5) is 16.4. The standard InChI is InChI=1S/C14H14N2O3S/c17-6-8-1-4-10(12(18)5-8)15-13(19)14-16-11(7-20-14)9-2-3-9/h1,4-5,7,9,17-18H,2-3,6H2,(H,15,19). The molecule has 6 heteroatoms. The molecule has 3 rings (SSSR count). The maximum absolute atomic E-state index is 12.1. The third-order valence-electron chi connectivity index (χ3n) is 3.20. The van der Waals surface area contributed by atoms with Crippen LogP contribution in [0, 0.1) is 0 Å². The fourth-order valence-corrected chi connectivity index (χ4v) is 2.71. The van der Waals surface area contributed by atoms with Gasteiger partial charge in [0.1, 0.15) is 5.75 Å². The summed E-state index contributed by atoms with van der Waals surface area (Å²) >= 11 is 1.31. The molecule has 2 aromatic rings. The maximum atomic E-state index is 12.1. The first-order valence-electron chi connectivity index (χ1n) is 6.37. The number of carbonyl (C=O) groups excluding carboxylic acids is 1. The number of thiazole rings is 1. The van der Waals surface area contributed by atoms with Crippen molar-refractivity contribution in [3.05, 3.63) is 39.8 Å². The predicted molar refractivity (Wildman–Crippen MR) is 76.1 cm³/mol. The summed E-state index contributed by atoms with van der Waals surface area (Å²) in [6.07, 6.45) is 2.29. The third kappa shape index (κ3) is 2.66. The Morgan fingerprint density at radius 3 is 2.90 bits per heavy atom. The average molecular weight is 290 g/mol. The minimum absolute atomic E-state index is 0.0659. The molecule has 0 saturated heterocycles. The Balaban J connectivity index is 1.74. The van der Waals surface area contributed by atoms with Gasteiger partial charge >= 0.3 is 0 Å². The fourth-order valence-electron chi connectivity index (χ4n) is 1.91. The smallest absolute Gasteiger partial charge is 0.284 e. The van der Waals surface area contributed by atoms with Gasteiger partial charge in [0, 0.05) is 11.3 Å². The van der Waals surface area contributed by atoms with Gasteiger partial charge in [-0.2, -0.15) is 0 Å². The second kappa shape index (κ2) is 5.22. The van der Waals surface area contributed by atoms with Gasteiger partial charge in [-0.3, -0.25) is 4.79 Å². The summed E-state index contributed by atoms with van der Waals surface area (Å²) in [6.45, 7) is -0.154. The molecule has 104 valence electrons. The molecule has 1 fully saturated rings. The molecule has 0 radical (unpaired) electrons. The van der Waals surface area contributed by atoms with Crippen molar-refractivity contribution in [2.75, 3.05) is 5.32 Å². The van der Waals surface area contributed by atoms with Crippen molar-refractivity contribution in [1.29, 1.82) is 0 Å². The van der Waals surface area contributed by atoms with Crippen molar-refractivity contribution >= 4 is 22.9 Å². The molecular weight excluding hydrogens is 276 g/mol. The molecular formula is C14H14N2O3S. The quantitative estimate of drug-likeness (QED) is 0.755. The molecule has 20 heavy (non-hydrogen) atoms. The molecule has 0 unspecified atom stereocenters. The Morgan fingerprint density at radius 2 is 2.25 bits per heavy atom. The van der Waals surface area contributed by atoms with E-state index >= 15 is 0 Å². The number of aliphatic hydroxyl groups excluding tert-OH is 1. The van der Waals surface area contributed by atoms with Crippen molar-refractivity contribution in [2.24, 2.45) is 0 Å². The molecule has 0 spiro atoms. The number of benzene rings is 1. The van der Waals surface area contributed by atoms with Crippen molar-refractivity contribution in [2.45, 2.75) is 25.4 Å². The van der Waals surface area contributed by atoms with E-state index in [4.69, 9.17) is 5.11 Å². The highest BCUT2D eigenvalue weighted by Crippen LogP contribution is 2.40. The predicted octanol–water partition coefficient (Wildman–Crippen LogP) is 2.47. The Kier molecular flexibility index (Phi) is 3.42. The van der Waals surface area contributed by atoms with Crippen molar-refractivity contribution in [1.82, 2.24) is 4.98 Å². The summed E-state index contributed by atoms with van der Waals surface area (Å²) in [5.74, 6) is 0.128. The van der Waals surface area contributed by atoms with Gasteiger partial charge < -0.3 is 15.5 Å². The lowest BCUT2D eigenvalue weighted by Crippen LogP contribution is -2.11. The molecule has 0 atom stereocenters. The zero-order valence-corrected chi connectivity index (χ0v) is 11.5. The average Bonchev–Trinajstić information content (AvgIpc) is 3.18. The summed E-state index contributed by atoms with van der Waals surface area (Å²) in [7, 11) is 0. The van der Waals surface area contributed by atoms with E-state index in [0.29, 0.717) is 22.2 Å². The number of phenolic OH excluding ortho intramolecular Hbond substituents is 1. The molecule has 1 heterocycles. The van der Waals surface area contributed by atoms with Gasteiger partial charge in [0.2, 0.25) is 0 Å². The number of aromatic nitrogens is 1. The first kappa shape index (κ1) is 13.1. The minimum atomic E-state index is -0.325. The topological polar surface area (TPSA) is 82.5 Å². The van der Waals surface area contributed by atoms with E-state index in [2.05, 4.69) is 10.3 Å². The third-order valence-corrected chi connectivity index (χ3v) is 4.06. The molecule has 1 aromatic carbocycles. The molecule has 0 bridgehead atoms. The number of anilines is 1. The van der Waals surface area contributed by atoms with Gasteiger partial charge in [-0.25, -0.2) is 4.98 Å². The highest BCUT2D eigenvalue weighted by Gasteiger charge is 2.27. The summed E-state index contributed by atoms with van der Waals surface area (Å²) < 4.78 is 0. The van der Waals surface area contributed by atoms with E-state index in [9.17, 15) is 9.90 Å². The summed E-state index contributed by atoms with van der Waals surface area (Å²) in [6, 6.07) is 4.63. The number of hydrogen-bond acceptors (Lipinski definition) is 5. The molecule has 5 nitrogen and oxygen atoms in total. The lowest BCUT2D eigenvalue weighted by Gasteiger charge is -2.06. The van der Waals surface area contributed by atoms with Crippen LogP contribution in [0.25, 0.3) is 0 Å².